The van der Waals surface area contributed by atoms with Gasteiger partial charge in [0.15, 0.2) is 0 Å². The highest BCUT2D eigenvalue weighted by molar-refractivity contribution is 6.06. The van der Waals surface area contributed by atoms with Crippen LogP contribution in [-0.4, -0.2) is 0 Å². The molecular weight excluding hydrogens is 464 g/mol. The molecule has 0 saturated heterocycles. The molecule has 0 saturated carbocycles. The van der Waals surface area contributed by atoms with Gasteiger partial charge in [0.25, 0.3) is 0 Å². The predicted molar refractivity (Wildman–Crippen MR) is 163 cm³/mol. The van der Waals surface area contributed by atoms with Crippen LogP contribution in [0.5, 0.6) is 0 Å². The van der Waals surface area contributed by atoms with E-state index in [4.69, 9.17) is 8.83 Å². The molecule has 0 aliphatic carbocycles. The summed E-state index contributed by atoms with van der Waals surface area (Å²) in [7, 11) is 0. The Morgan fingerprint density at radius 2 is 0.921 bits per heavy atom. The number of allylic oxidation sites excluding steroid dienone is 2. The Bertz CT molecular complexity index is 1860. The minimum atomic E-state index is 0.947. The van der Waals surface area contributed by atoms with Crippen LogP contribution in [0.4, 0.5) is 0 Å². The molecule has 38 heavy (non-hydrogen) atoms. The molecule has 7 aromatic rings. The van der Waals surface area contributed by atoms with Gasteiger partial charge in [-0.25, -0.2) is 0 Å². The van der Waals surface area contributed by atoms with Gasteiger partial charge in [0.1, 0.15) is 22.3 Å². The van der Waals surface area contributed by atoms with Crippen molar-refractivity contribution in [2.75, 3.05) is 0 Å². The summed E-state index contributed by atoms with van der Waals surface area (Å²) in [5, 5.41) is 4.77. The molecule has 0 radical (unpaired) electrons. The minimum absolute atomic E-state index is 0.947. The number of benzene rings is 5. The molecule has 0 unspecified atom stereocenters. The minimum Gasteiger partial charge on any atom is -0.456 e. The van der Waals surface area contributed by atoms with E-state index in [-0.39, 0.29) is 0 Å². The van der Waals surface area contributed by atoms with Crippen molar-refractivity contribution in [1.82, 2.24) is 0 Å². The van der Waals surface area contributed by atoms with Crippen LogP contribution in [0.25, 0.3) is 55.0 Å². The zero-order chi connectivity index (χ0) is 26.5. The van der Waals surface area contributed by atoms with Crippen LogP contribution in [-0.2, 0) is 0 Å². The van der Waals surface area contributed by atoms with E-state index in [0.717, 1.165) is 22.3 Å². The first-order valence-corrected chi connectivity index (χ1v) is 13.0. The Morgan fingerprint density at radius 3 is 1.53 bits per heavy atom. The normalized spacial score (nSPS) is 11.1. The molecule has 0 atom stereocenters. The van der Waals surface area contributed by atoms with E-state index in [1.807, 2.05) is 62.4 Å². The van der Waals surface area contributed by atoms with Crippen LogP contribution in [0.1, 0.15) is 25.0 Å². The molecule has 2 heterocycles. The maximum absolute atomic E-state index is 5.87. The Morgan fingerprint density at radius 1 is 0.421 bits per heavy atom. The van der Waals surface area contributed by atoms with E-state index >= 15 is 0 Å². The van der Waals surface area contributed by atoms with Crippen LogP contribution in [0.15, 0.2) is 130 Å². The fraction of sp³-hybridized carbons (Fsp3) is 0.111. The lowest BCUT2D eigenvalue weighted by atomic mass is 10.0. The summed E-state index contributed by atoms with van der Waals surface area (Å²) in [4.78, 5) is 0. The molecular formula is C36H32O2. The van der Waals surface area contributed by atoms with Crippen molar-refractivity contribution < 1.29 is 8.83 Å². The van der Waals surface area contributed by atoms with Crippen molar-refractivity contribution in [2.45, 2.75) is 27.7 Å². The number of hydrogen-bond donors (Lipinski definition) is 0. The van der Waals surface area contributed by atoms with Gasteiger partial charge in [-0.1, -0.05) is 96.1 Å². The SMILES string of the molecule is C/C=C\C.Cc1ccc2oc3ccccc3c2c1.Cc1cccc(-c2ccc3oc4ccccc4c3c2)c1. The number of furan rings is 2. The van der Waals surface area contributed by atoms with E-state index < -0.39 is 0 Å². The Labute approximate surface area is 223 Å². The Hall–Kier alpha value is -4.56. The largest absolute Gasteiger partial charge is 0.456 e. The fourth-order valence-corrected chi connectivity index (χ4v) is 4.57. The van der Waals surface area contributed by atoms with Crippen molar-refractivity contribution in [3.8, 4) is 11.1 Å². The number of fused-ring (bicyclic) bond motifs is 6. The third-order valence-electron chi connectivity index (χ3n) is 6.59. The highest BCUT2D eigenvalue weighted by Crippen LogP contribution is 2.32. The van der Waals surface area contributed by atoms with Gasteiger partial charge in [-0.3, -0.25) is 0 Å². The summed E-state index contributed by atoms with van der Waals surface area (Å²) in [6, 6.07) is 37.6. The molecule has 0 spiro atoms. The van der Waals surface area contributed by atoms with E-state index in [1.165, 1.54) is 43.8 Å². The second kappa shape index (κ2) is 11.2. The Kier molecular flexibility index (Phi) is 7.42. The number of para-hydroxylation sites is 2. The molecule has 2 nitrogen and oxygen atoms in total. The summed E-state index contributed by atoms with van der Waals surface area (Å²) < 4.78 is 11.6. The lowest BCUT2D eigenvalue weighted by Crippen LogP contribution is -1.79. The summed E-state index contributed by atoms with van der Waals surface area (Å²) >= 11 is 0. The van der Waals surface area contributed by atoms with Crippen molar-refractivity contribution in [2.24, 2.45) is 0 Å². The highest BCUT2D eigenvalue weighted by Gasteiger charge is 2.08. The summed E-state index contributed by atoms with van der Waals surface area (Å²) in [5.41, 5.74) is 8.85. The molecule has 2 heteroatoms. The van der Waals surface area contributed by atoms with Crippen LogP contribution in [0, 0.1) is 13.8 Å². The van der Waals surface area contributed by atoms with Gasteiger partial charge in [0, 0.05) is 21.5 Å². The zero-order valence-electron chi connectivity index (χ0n) is 22.4. The fourth-order valence-electron chi connectivity index (χ4n) is 4.57. The summed E-state index contributed by atoms with van der Waals surface area (Å²) in [6.45, 7) is 8.22. The molecule has 188 valence electrons. The van der Waals surface area contributed by atoms with E-state index in [9.17, 15) is 0 Å². The quantitative estimate of drug-likeness (QED) is 0.211. The highest BCUT2D eigenvalue weighted by atomic mass is 16.3. The third-order valence-corrected chi connectivity index (χ3v) is 6.59. The number of rotatable bonds is 1. The van der Waals surface area contributed by atoms with E-state index in [0.29, 0.717) is 0 Å². The first-order valence-electron chi connectivity index (χ1n) is 13.0. The predicted octanol–water partition coefficient (Wildman–Crippen LogP) is 11.0. The van der Waals surface area contributed by atoms with Crippen LogP contribution >= 0.6 is 0 Å². The number of hydrogen-bond acceptors (Lipinski definition) is 2. The first-order chi connectivity index (χ1) is 18.6. The zero-order valence-corrected chi connectivity index (χ0v) is 22.4. The van der Waals surface area contributed by atoms with Crippen LogP contribution < -0.4 is 0 Å². The maximum Gasteiger partial charge on any atom is 0.135 e. The molecule has 0 N–H and O–H groups in total. The second-order valence-corrected chi connectivity index (χ2v) is 9.44. The standard InChI is InChI=1S/C19H14O.C13H10O.C4H8/c1-13-5-4-6-14(11-13)15-9-10-19-17(12-15)16-7-2-3-8-18(16)20-19;1-9-6-7-13-11(8-9)10-4-2-3-5-12(10)14-13;1-3-4-2/h2-12H,1H3;2-8H,1H3;3-4H,1-2H3/b;;4-3-. The average Bonchev–Trinajstić information content (AvgIpc) is 3.51. The van der Waals surface area contributed by atoms with Gasteiger partial charge >= 0.3 is 0 Å². The third kappa shape index (κ3) is 5.26. The molecule has 2 aromatic heterocycles. The smallest absolute Gasteiger partial charge is 0.135 e. The van der Waals surface area contributed by atoms with Crippen LogP contribution in [0.3, 0.4) is 0 Å². The maximum atomic E-state index is 5.87. The van der Waals surface area contributed by atoms with Crippen molar-refractivity contribution in [3.05, 3.63) is 132 Å². The van der Waals surface area contributed by atoms with Gasteiger partial charge in [0.2, 0.25) is 0 Å². The van der Waals surface area contributed by atoms with Gasteiger partial charge in [-0.2, -0.15) is 0 Å². The van der Waals surface area contributed by atoms with Gasteiger partial charge < -0.3 is 8.83 Å². The lowest BCUT2D eigenvalue weighted by molar-refractivity contribution is 0.668. The topological polar surface area (TPSA) is 26.3 Å². The van der Waals surface area contributed by atoms with Crippen molar-refractivity contribution in [1.29, 1.82) is 0 Å². The molecule has 7 rings (SSSR count). The molecule has 0 amide bonds. The van der Waals surface area contributed by atoms with Gasteiger partial charge in [-0.05, 0) is 75.2 Å². The first kappa shape index (κ1) is 25.1. The van der Waals surface area contributed by atoms with Gasteiger partial charge in [-0.15, -0.1) is 0 Å². The van der Waals surface area contributed by atoms with Gasteiger partial charge in [0.05, 0.1) is 0 Å². The average molecular weight is 497 g/mol. The second-order valence-electron chi connectivity index (χ2n) is 9.44. The lowest BCUT2D eigenvalue weighted by Gasteiger charge is -2.03. The molecule has 0 bridgehead atoms. The van der Waals surface area contributed by atoms with E-state index in [2.05, 4.69) is 86.6 Å². The summed E-state index contributed by atoms with van der Waals surface area (Å²) in [5.74, 6) is 0. The molecule has 0 fully saturated rings. The molecule has 5 aromatic carbocycles. The number of aryl methyl sites for hydroxylation is 2. The molecule has 0 aliphatic heterocycles. The summed E-state index contributed by atoms with van der Waals surface area (Å²) in [6.07, 6.45) is 4.00. The Balaban J connectivity index is 0.000000142. The monoisotopic (exact) mass is 496 g/mol. The van der Waals surface area contributed by atoms with Crippen LogP contribution in [0.2, 0.25) is 0 Å². The van der Waals surface area contributed by atoms with E-state index in [1.54, 1.807) is 0 Å². The van der Waals surface area contributed by atoms with Crippen molar-refractivity contribution >= 4 is 43.9 Å². The molecule has 0 aliphatic rings. The van der Waals surface area contributed by atoms with Crippen molar-refractivity contribution in [3.63, 3.8) is 0 Å².